The highest BCUT2D eigenvalue weighted by Crippen LogP contribution is 2.25. The van der Waals surface area contributed by atoms with E-state index in [1.807, 2.05) is 6.92 Å². The maximum atomic E-state index is 9.68. The molecule has 0 saturated heterocycles. The van der Waals surface area contributed by atoms with Gasteiger partial charge in [0.15, 0.2) is 0 Å². The van der Waals surface area contributed by atoms with Crippen molar-refractivity contribution in [2.24, 2.45) is 5.73 Å². The first-order valence-corrected chi connectivity index (χ1v) is 4.38. The van der Waals surface area contributed by atoms with Gasteiger partial charge < -0.3 is 15.9 Å². The maximum Gasteiger partial charge on any atom is 0.121 e. The normalized spacial score (nSPS) is 15.3. The lowest BCUT2D eigenvalue weighted by molar-refractivity contribution is 0.141. The molecule has 0 fully saturated rings. The maximum absolute atomic E-state index is 9.68. The summed E-state index contributed by atoms with van der Waals surface area (Å²) in [5.74, 6) is 0.0962. The summed E-state index contributed by atoms with van der Waals surface area (Å²) in [5.41, 5.74) is 6.15. The number of rotatable bonds is 3. The Kier molecular flexibility index (Phi) is 3.28. The Labute approximate surface area is 77.8 Å². The molecule has 1 aromatic rings. The predicted molar refractivity (Wildman–Crippen MR) is 51.3 cm³/mol. The van der Waals surface area contributed by atoms with Gasteiger partial charge in [-0.05, 0) is 12.5 Å². The minimum Gasteiger partial charge on any atom is -0.508 e. The van der Waals surface area contributed by atoms with E-state index in [2.05, 4.69) is 0 Å². The number of aliphatic hydroxyl groups is 1. The molecule has 0 saturated carbocycles. The molecule has 0 aliphatic carbocycles. The number of aromatic hydroxyl groups is 1. The van der Waals surface area contributed by atoms with Crippen LogP contribution >= 0.6 is 0 Å². The number of hydrogen-bond acceptors (Lipinski definition) is 3. The number of phenols is 1. The molecular formula is C10H15NO2. The second-order valence-corrected chi connectivity index (χ2v) is 3.08. The zero-order valence-electron chi connectivity index (χ0n) is 7.64. The molecule has 0 heterocycles. The van der Waals surface area contributed by atoms with Gasteiger partial charge in [0.05, 0.1) is 6.10 Å². The minimum absolute atomic E-state index is 0.0962. The molecule has 2 unspecified atom stereocenters. The zero-order chi connectivity index (χ0) is 9.84. The highest BCUT2D eigenvalue weighted by atomic mass is 16.3. The van der Waals surface area contributed by atoms with E-state index in [1.165, 1.54) is 0 Å². The molecule has 13 heavy (non-hydrogen) atoms. The van der Waals surface area contributed by atoms with Gasteiger partial charge >= 0.3 is 0 Å². The van der Waals surface area contributed by atoms with Crippen molar-refractivity contribution in [2.75, 3.05) is 0 Å². The largest absolute Gasteiger partial charge is 0.508 e. The van der Waals surface area contributed by atoms with Gasteiger partial charge in [0, 0.05) is 11.6 Å². The summed E-state index contributed by atoms with van der Waals surface area (Å²) in [4.78, 5) is 0. The molecule has 0 aromatic heterocycles. The fourth-order valence-corrected chi connectivity index (χ4v) is 1.19. The Balaban J connectivity index is 2.88. The molecular weight excluding hydrogens is 166 g/mol. The molecule has 1 rings (SSSR count). The zero-order valence-corrected chi connectivity index (χ0v) is 7.64. The van der Waals surface area contributed by atoms with E-state index in [0.29, 0.717) is 12.0 Å². The van der Waals surface area contributed by atoms with Gasteiger partial charge in [0.2, 0.25) is 0 Å². The number of phenolic OH excluding ortho intramolecular Hbond substituents is 1. The third kappa shape index (κ3) is 2.20. The van der Waals surface area contributed by atoms with E-state index in [0.717, 1.165) is 0 Å². The molecule has 0 amide bonds. The molecule has 3 heteroatoms. The molecule has 0 bridgehead atoms. The van der Waals surface area contributed by atoms with Gasteiger partial charge in [-0.25, -0.2) is 0 Å². The van der Waals surface area contributed by atoms with Crippen molar-refractivity contribution in [2.45, 2.75) is 25.5 Å². The van der Waals surface area contributed by atoms with Gasteiger partial charge in [0.25, 0.3) is 0 Å². The Hall–Kier alpha value is -1.06. The minimum atomic E-state index is -0.786. The smallest absolute Gasteiger partial charge is 0.121 e. The first-order chi connectivity index (χ1) is 6.16. The topological polar surface area (TPSA) is 66.5 Å². The summed E-state index contributed by atoms with van der Waals surface area (Å²) in [6, 6.07) is 6.37. The van der Waals surface area contributed by atoms with Crippen molar-refractivity contribution in [1.82, 2.24) is 0 Å². The lowest BCUT2D eigenvalue weighted by atomic mass is 10.0. The summed E-state index contributed by atoms with van der Waals surface area (Å²) in [5, 5.41) is 19.1. The van der Waals surface area contributed by atoms with Crippen LogP contribution in [0.25, 0.3) is 0 Å². The molecule has 4 N–H and O–H groups in total. The SMILES string of the molecule is CCC(N)C(O)c1ccccc1O. The summed E-state index contributed by atoms with van der Waals surface area (Å²) in [7, 11) is 0. The van der Waals surface area contributed by atoms with Crippen LogP contribution in [-0.4, -0.2) is 16.3 Å². The van der Waals surface area contributed by atoms with Crippen molar-refractivity contribution in [3.63, 3.8) is 0 Å². The van der Waals surface area contributed by atoms with E-state index in [4.69, 9.17) is 5.73 Å². The molecule has 0 aliphatic heterocycles. The number of nitrogens with two attached hydrogens (primary N) is 1. The molecule has 3 nitrogen and oxygen atoms in total. The number of benzene rings is 1. The lowest BCUT2D eigenvalue weighted by Crippen LogP contribution is -2.27. The Morgan fingerprint density at radius 2 is 2.00 bits per heavy atom. The fraction of sp³-hybridized carbons (Fsp3) is 0.400. The van der Waals surface area contributed by atoms with Crippen molar-refractivity contribution in [3.8, 4) is 5.75 Å². The summed E-state index contributed by atoms with van der Waals surface area (Å²) < 4.78 is 0. The van der Waals surface area contributed by atoms with Crippen LogP contribution in [0.15, 0.2) is 24.3 Å². The summed E-state index contributed by atoms with van der Waals surface area (Å²) in [6.45, 7) is 1.90. The molecule has 0 spiro atoms. The van der Waals surface area contributed by atoms with Gasteiger partial charge in [-0.15, -0.1) is 0 Å². The highest BCUT2D eigenvalue weighted by Gasteiger charge is 2.17. The third-order valence-corrected chi connectivity index (χ3v) is 2.13. The second-order valence-electron chi connectivity index (χ2n) is 3.08. The van der Waals surface area contributed by atoms with E-state index in [9.17, 15) is 10.2 Å². The Morgan fingerprint density at radius 3 is 2.54 bits per heavy atom. The molecule has 1 aromatic carbocycles. The Bertz CT molecular complexity index is 275. The first kappa shape index (κ1) is 10.0. The van der Waals surface area contributed by atoms with Crippen molar-refractivity contribution < 1.29 is 10.2 Å². The van der Waals surface area contributed by atoms with Gasteiger partial charge in [-0.3, -0.25) is 0 Å². The second kappa shape index (κ2) is 4.25. The highest BCUT2D eigenvalue weighted by molar-refractivity contribution is 5.34. The van der Waals surface area contributed by atoms with Crippen molar-refractivity contribution >= 4 is 0 Å². The number of aliphatic hydroxyl groups excluding tert-OH is 1. The monoisotopic (exact) mass is 181 g/mol. The average Bonchev–Trinajstić information content (AvgIpc) is 2.16. The van der Waals surface area contributed by atoms with E-state index in [1.54, 1.807) is 24.3 Å². The van der Waals surface area contributed by atoms with E-state index < -0.39 is 6.10 Å². The molecule has 2 atom stereocenters. The Morgan fingerprint density at radius 1 is 1.38 bits per heavy atom. The summed E-state index contributed by atoms with van der Waals surface area (Å²) >= 11 is 0. The van der Waals surface area contributed by atoms with Crippen LogP contribution in [0.4, 0.5) is 0 Å². The van der Waals surface area contributed by atoms with Gasteiger partial charge in [-0.1, -0.05) is 25.1 Å². The number of para-hydroxylation sites is 1. The third-order valence-electron chi connectivity index (χ3n) is 2.13. The van der Waals surface area contributed by atoms with Crippen LogP contribution < -0.4 is 5.73 Å². The predicted octanol–water partition coefficient (Wildman–Crippen LogP) is 1.16. The van der Waals surface area contributed by atoms with E-state index >= 15 is 0 Å². The quantitative estimate of drug-likeness (QED) is 0.655. The number of hydrogen-bond donors (Lipinski definition) is 3. The van der Waals surface area contributed by atoms with Crippen LogP contribution in [0, 0.1) is 0 Å². The van der Waals surface area contributed by atoms with Crippen molar-refractivity contribution in [1.29, 1.82) is 0 Å². The first-order valence-electron chi connectivity index (χ1n) is 4.38. The lowest BCUT2D eigenvalue weighted by Gasteiger charge is -2.18. The van der Waals surface area contributed by atoms with Crippen LogP contribution in [0.1, 0.15) is 25.0 Å². The molecule has 0 radical (unpaired) electrons. The van der Waals surface area contributed by atoms with Gasteiger partial charge in [-0.2, -0.15) is 0 Å². The molecule has 72 valence electrons. The fourth-order valence-electron chi connectivity index (χ4n) is 1.19. The van der Waals surface area contributed by atoms with Crippen LogP contribution in [0.2, 0.25) is 0 Å². The van der Waals surface area contributed by atoms with Crippen LogP contribution in [0.3, 0.4) is 0 Å². The van der Waals surface area contributed by atoms with Crippen LogP contribution in [0.5, 0.6) is 5.75 Å². The van der Waals surface area contributed by atoms with Crippen molar-refractivity contribution in [3.05, 3.63) is 29.8 Å². The van der Waals surface area contributed by atoms with Gasteiger partial charge in [0.1, 0.15) is 5.75 Å². The average molecular weight is 181 g/mol. The summed E-state index contributed by atoms with van der Waals surface area (Å²) in [6.07, 6.45) is -0.110. The van der Waals surface area contributed by atoms with E-state index in [-0.39, 0.29) is 11.8 Å². The van der Waals surface area contributed by atoms with Crippen LogP contribution in [-0.2, 0) is 0 Å². The standard InChI is InChI=1S/C10H15NO2/c1-2-8(11)10(13)7-5-3-4-6-9(7)12/h3-6,8,10,12-13H,2,11H2,1H3. The molecule has 0 aliphatic rings.